The van der Waals surface area contributed by atoms with E-state index in [0.29, 0.717) is 0 Å². The quantitative estimate of drug-likeness (QED) is 0.670. The Kier molecular flexibility index (Phi) is 4.74. The van der Waals surface area contributed by atoms with Crippen LogP contribution in [0.25, 0.3) is 0 Å². The van der Waals surface area contributed by atoms with E-state index in [9.17, 15) is 0 Å². The topological polar surface area (TPSA) is 31.4 Å². The molecule has 19 heavy (non-hydrogen) atoms. The Bertz CT molecular complexity index is 438. The number of anilines is 1. The number of nitrogens with zero attached hydrogens (tertiary/aromatic N) is 3. The van der Waals surface area contributed by atoms with Gasteiger partial charge >= 0.3 is 0 Å². The number of nitrogens with one attached hydrogen (secondary N) is 1. The minimum atomic E-state index is 0.749. The summed E-state index contributed by atoms with van der Waals surface area (Å²) in [5, 5.41) is 4.05. The molecule has 5 heteroatoms. The third-order valence-electron chi connectivity index (χ3n) is 3.08. The van der Waals surface area contributed by atoms with E-state index >= 15 is 0 Å². The average Bonchev–Trinajstić information content (AvgIpc) is 2.46. The van der Waals surface area contributed by atoms with Crippen molar-refractivity contribution in [3.8, 4) is 0 Å². The van der Waals surface area contributed by atoms with E-state index in [0.717, 1.165) is 49.2 Å². The maximum Gasteiger partial charge on any atom is 0.169 e. The van der Waals surface area contributed by atoms with E-state index in [-0.39, 0.29) is 0 Å². The molecule has 1 aromatic heterocycles. The van der Waals surface area contributed by atoms with Gasteiger partial charge in [0.1, 0.15) is 5.82 Å². The third-order valence-corrected chi connectivity index (χ3v) is 3.48. The van der Waals surface area contributed by atoms with Crippen molar-refractivity contribution < 1.29 is 0 Å². The monoisotopic (exact) mass is 276 g/mol. The van der Waals surface area contributed by atoms with Gasteiger partial charge in [-0.1, -0.05) is 18.2 Å². The number of piperazine rings is 1. The summed E-state index contributed by atoms with van der Waals surface area (Å²) in [5.74, 6) is 1.04. The zero-order valence-corrected chi connectivity index (χ0v) is 12.1. The minimum Gasteiger partial charge on any atom is -0.359 e. The predicted molar refractivity (Wildman–Crippen MR) is 83.4 cm³/mol. The first-order chi connectivity index (χ1) is 9.16. The molecule has 1 fully saturated rings. The molecule has 1 aromatic rings. The highest BCUT2D eigenvalue weighted by Crippen LogP contribution is 2.12. The summed E-state index contributed by atoms with van der Waals surface area (Å²) < 4.78 is 0. The SMILES string of the molecule is C=C(C)CNC(=S)N1CCN(c2ccccn2)CC1. The zero-order valence-electron chi connectivity index (χ0n) is 11.3. The van der Waals surface area contributed by atoms with Gasteiger partial charge in [0, 0.05) is 38.9 Å². The molecule has 1 aliphatic heterocycles. The largest absolute Gasteiger partial charge is 0.359 e. The van der Waals surface area contributed by atoms with E-state index < -0.39 is 0 Å². The number of hydrogen-bond donors (Lipinski definition) is 1. The molecule has 102 valence electrons. The molecule has 0 spiro atoms. The van der Waals surface area contributed by atoms with Crippen LogP contribution in [0, 0.1) is 0 Å². The van der Waals surface area contributed by atoms with E-state index in [1.54, 1.807) is 0 Å². The van der Waals surface area contributed by atoms with Crippen molar-refractivity contribution in [2.45, 2.75) is 6.92 Å². The lowest BCUT2D eigenvalue weighted by Crippen LogP contribution is -2.52. The number of aromatic nitrogens is 1. The predicted octanol–water partition coefficient (Wildman–Crippen LogP) is 1.65. The number of rotatable bonds is 3. The van der Waals surface area contributed by atoms with Crippen molar-refractivity contribution >= 4 is 23.1 Å². The fourth-order valence-corrected chi connectivity index (χ4v) is 2.27. The fraction of sp³-hybridized carbons (Fsp3) is 0.429. The summed E-state index contributed by atoms with van der Waals surface area (Å²) in [6.45, 7) is 10.4. The number of pyridine rings is 1. The van der Waals surface area contributed by atoms with Gasteiger partial charge in [-0.2, -0.15) is 0 Å². The van der Waals surface area contributed by atoms with Crippen LogP contribution in [0.2, 0.25) is 0 Å². The number of thiocarbonyl (C=S) groups is 1. The zero-order chi connectivity index (χ0) is 13.7. The fourth-order valence-electron chi connectivity index (χ4n) is 2.02. The van der Waals surface area contributed by atoms with Crippen LogP contribution < -0.4 is 10.2 Å². The molecule has 0 bridgehead atoms. The van der Waals surface area contributed by atoms with Crippen molar-refractivity contribution in [3.05, 3.63) is 36.5 Å². The van der Waals surface area contributed by atoms with Gasteiger partial charge in [-0.25, -0.2) is 4.98 Å². The molecule has 2 heterocycles. The first-order valence-electron chi connectivity index (χ1n) is 6.50. The Morgan fingerprint density at radius 3 is 2.68 bits per heavy atom. The van der Waals surface area contributed by atoms with Crippen molar-refractivity contribution in [2.24, 2.45) is 0 Å². The summed E-state index contributed by atoms with van der Waals surface area (Å²) in [6, 6.07) is 6.01. The molecule has 1 aliphatic rings. The molecule has 1 saturated heterocycles. The van der Waals surface area contributed by atoms with Crippen LogP contribution in [0.3, 0.4) is 0 Å². The molecule has 0 saturated carbocycles. The van der Waals surface area contributed by atoms with Gasteiger partial charge in [-0.3, -0.25) is 0 Å². The maximum absolute atomic E-state index is 5.39. The Labute approximate surface area is 120 Å². The maximum atomic E-state index is 5.39. The van der Waals surface area contributed by atoms with Gasteiger partial charge in [0.2, 0.25) is 0 Å². The summed E-state index contributed by atoms with van der Waals surface area (Å²) in [7, 11) is 0. The lowest BCUT2D eigenvalue weighted by Gasteiger charge is -2.36. The highest BCUT2D eigenvalue weighted by atomic mass is 32.1. The average molecular weight is 276 g/mol. The lowest BCUT2D eigenvalue weighted by molar-refractivity contribution is 0.380. The Morgan fingerprint density at radius 1 is 1.37 bits per heavy atom. The van der Waals surface area contributed by atoms with Crippen LogP contribution in [-0.2, 0) is 0 Å². The highest BCUT2D eigenvalue weighted by Gasteiger charge is 2.19. The van der Waals surface area contributed by atoms with Gasteiger partial charge in [-0.15, -0.1) is 0 Å². The Morgan fingerprint density at radius 2 is 2.11 bits per heavy atom. The molecule has 4 nitrogen and oxygen atoms in total. The standard InChI is InChI=1S/C14H20N4S/c1-12(2)11-16-14(19)18-9-7-17(8-10-18)13-5-3-4-6-15-13/h3-6H,1,7-11H2,2H3,(H,16,19). The second-order valence-corrected chi connectivity index (χ2v) is 5.16. The molecule has 0 aliphatic carbocycles. The van der Waals surface area contributed by atoms with Crippen LogP contribution in [-0.4, -0.2) is 47.7 Å². The molecule has 1 N–H and O–H groups in total. The van der Waals surface area contributed by atoms with Crippen molar-refractivity contribution in [3.63, 3.8) is 0 Å². The van der Waals surface area contributed by atoms with Gasteiger partial charge in [0.05, 0.1) is 0 Å². The Balaban J connectivity index is 1.82. The molecule has 0 amide bonds. The van der Waals surface area contributed by atoms with Crippen molar-refractivity contribution in [2.75, 3.05) is 37.6 Å². The lowest BCUT2D eigenvalue weighted by atomic mass is 10.3. The van der Waals surface area contributed by atoms with Crippen molar-refractivity contribution in [1.82, 2.24) is 15.2 Å². The molecular weight excluding hydrogens is 256 g/mol. The van der Waals surface area contributed by atoms with Crippen molar-refractivity contribution in [1.29, 1.82) is 0 Å². The molecule has 0 unspecified atom stereocenters. The summed E-state index contributed by atoms with van der Waals surface area (Å²) in [6.07, 6.45) is 1.83. The third kappa shape index (κ3) is 3.92. The Hall–Kier alpha value is -1.62. The second-order valence-electron chi connectivity index (χ2n) is 4.78. The van der Waals surface area contributed by atoms with Gasteiger partial charge in [0.25, 0.3) is 0 Å². The minimum absolute atomic E-state index is 0.749. The first-order valence-corrected chi connectivity index (χ1v) is 6.91. The van der Waals surface area contributed by atoms with Crippen LogP contribution >= 0.6 is 12.2 Å². The summed E-state index contributed by atoms with van der Waals surface area (Å²) in [4.78, 5) is 8.87. The summed E-state index contributed by atoms with van der Waals surface area (Å²) >= 11 is 5.39. The van der Waals surface area contributed by atoms with Crippen LogP contribution in [0.1, 0.15) is 6.92 Å². The number of hydrogen-bond acceptors (Lipinski definition) is 3. The molecule has 0 radical (unpaired) electrons. The molecule has 0 aromatic carbocycles. The van der Waals surface area contributed by atoms with Crippen LogP contribution in [0.15, 0.2) is 36.5 Å². The van der Waals surface area contributed by atoms with E-state index in [1.807, 2.05) is 31.3 Å². The normalized spacial score (nSPS) is 15.2. The van der Waals surface area contributed by atoms with Gasteiger partial charge in [-0.05, 0) is 31.3 Å². The van der Waals surface area contributed by atoms with E-state index in [4.69, 9.17) is 12.2 Å². The van der Waals surface area contributed by atoms with Gasteiger partial charge < -0.3 is 15.1 Å². The summed E-state index contributed by atoms with van der Waals surface area (Å²) in [5.41, 5.74) is 1.09. The van der Waals surface area contributed by atoms with Crippen LogP contribution in [0.5, 0.6) is 0 Å². The molecule has 0 atom stereocenters. The van der Waals surface area contributed by atoms with E-state index in [1.165, 1.54) is 0 Å². The van der Waals surface area contributed by atoms with Crippen LogP contribution in [0.4, 0.5) is 5.82 Å². The molecular formula is C14H20N4S. The second kappa shape index (κ2) is 6.52. The molecule has 2 rings (SSSR count). The first kappa shape index (κ1) is 13.8. The van der Waals surface area contributed by atoms with E-state index in [2.05, 4.69) is 26.7 Å². The van der Waals surface area contributed by atoms with Gasteiger partial charge in [0.15, 0.2) is 5.11 Å². The smallest absolute Gasteiger partial charge is 0.169 e. The highest BCUT2D eigenvalue weighted by molar-refractivity contribution is 7.80.